The number of rotatable bonds is 5. The Hall–Kier alpha value is -2.57. The molecule has 1 heterocycles. The number of hydrogen-bond acceptors (Lipinski definition) is 3. The fourth-order valence-electron chi connectivity index (χ4n) is 3.39. The van der Waals surface area contributed by atoms with E-state index in [0.717, 1.165) is 36.6 Å². The van der Waals surface area contributed by atoms with Crippen molar-refractivity contribution in [2.24, 2.45) is 0 Å². The highest BCUT2D eigenvalue weighted by molar-refractivity contribution is 6.30. The highest BCUT2D eigenvalue weighted by atomic mass is 35.5. The molecule has 0 unspecified atom stereocenters. The van der Waals surface area contributed by atoms with Gasteiger partial charge in [-0.1, -0.05) is 35.9 Å². The largest absolute Gasteiger partial charge is 0.340 e. The molecule has 154 valence electrons. The Labute approximate surface area is 176 Å². The van der Waals surface area contributed by atoms with Crippen LogP contribution in [0.1, 0.15) is 17.5 Å². The van der Waals surface area contributed by atoms with Gasteiger partial charge in [-0.25, -0.2) is 4.79 Å². The van der Waals surface area contributed by atoms with Crippen molar-refractivity contribution in [3.63, 3.8) is 0 Å². The van der Waals surface area contributed by atoms with E-state index in [4.69, 9.17) is 11.6 Å². The molecule has 0 saturated carbocycles. The molecule has 0 radical (unpaired) electrons. The van der Waals surface area contributed by atoms with Crippen LogP contribution in [0.4, 0.5) is 10.5 Å². The average Bonchev–Trinajstić information content (AvgIpc) is 2.93. The Morgan fingerprint density at radius 3 is 2.59 bits per heavy atom. The Morgan fingerprint density at radius 2 is 1.83 bits per heavy atom. The van der Waals surface area contributed by atoms with E-state index < -0.39 is 0 Å². The molecule has 3 rings (SSSR count). The number of hydrogen-bond donors (Lipinski definition) is 2. The van der Waals surface area contributed by atoms with Gasteiger partial charge in [0.1, 0.15) is 0 Å². The van der Waals surface area contributed by atoms with Crippen molar-refractivity contribution in [1.82, 2.24) is 15.1 Å². The molecule has 1 aliphatic rings. The van der Waals surface area contributed by atoms with Crippen LogP contribution < -0.4 is 10.6 Å². The fraction of sp³-hybridized carbons (Fsp3) is 0.364. The molecule has 0 spiro atoms. The molecule has 3 amide bonds. The Bertz CT molecular complexity index is 841. The number of nitrogens with zero attached hydrogens (tertiary/aromatic N) is 2. The van der Waals surface area contributed by atoms with Gasteiger partial charge in [-0.2, -0.15) is 0 Å². The lowest BCUT2D eigenvalue weighted by molar-refractivity contribution is -0.129. The highest BCUT2D eigenvalue weighted by Crippen LogP contribution is 2.13. The second-order valence-electron chi connectivity index (χ2n) is 7.31. The first-order valence-electron chi connectivity index (χ1n) is 9.86. The zero-order chi connectivity index (χ0) is 20.6. The summed E-state index contributed by atoms with van der Waals surface area (Å²) in [5.74, 6) is -0.0577. The van der Waals surface area contributed by atoms with Gasteiger partial charge in [-0.3, -0.25) is 9.69 Å². The molecule has 1 fully saturated rings. The van der Waals surface area contributed by atoms with E-state index in [2.05, 4.69) is 15.5 Å². The lowest BCUT2D eigenvalue weighted by atomic mass is 10.2. The third kappa shape index (κ3) is 6.76. The number of benzene rings is 2. The topological polar surface area (TPSA) is 64.7 Å². The number of carbonyl (C=O) groups excluding carboxylic acids is 2. The molecule has 6 nitrogen and oxygen atoms in total. The maximum Gasteiger partial charge on any atom is 0.319 e. The number of carbonyl (C=O) groups is 2. The lowest BCUT2D eigenvalue weighted by Gasteiger charge is -2.22. The van der Waals surface area contributed by atoms with Crippen molar-refractivity contribution < 1.29 is 9.59 Å². The fourth-order valence-corrected chi connectivity index (χ4v) is 3.52. The maximum atomic E-state index is 12.5. The Morgan fingerprint density at radius 1 is 1.03 bits per heavy atom. The minimum absolute atomic E-state index is 0.00513. The van der Waals surface area contributed by atoms with Gasteiger partial charge >= 0.3 is 6.03 Å². The van der Waals surface area contributed by atoms with Crippen LogP contribution in [0.5, 0.6) is 0 Å². The van der Waals surface area contributed by atoms with Gasteiger partial charge in [0.2, 0.25) is 5.91 Å². The second-order valence-corrected chi connectivity index (χ2v) is 7.75. The van der Waals surface area contributed by atoms with Gasteiger partial charge in [-0.05, 0) is 48.7 Å². The smallest absolute Gasteiger partial charge is 0.319 e. The second kappa shape index (κ2) is 10.3. The summed E-state index contributed by atoms with van der Waals surface area (Å²) < 4.78 is 0. The molecule has 1 saturated heterocycles. The predicted molar refractivity (Wildman–Crippen MR) is 116 cm³/mol. The van der Waals surface area contributed by atoms with Crippen LogP contribution in [0.25, 0.3) is 0 Å². The van der Waals surface area contributed by atoms with Crippen molar-refractivity contribution >= 4 is 29.2 Å². The van der Waals surface area contributed by atoms with Crippen molar-refractivity contribution in [2.75, 3.05) is 38.0 Å². The van der Waals surface area contributed by atoms with E-state index in [1.807, 2.05) is 60.4 Å². The van der Waals surface area contributed by atoms with Crippen LogP contribution in [-0.2, 0) is 11.3 Å². The summed E-state index contributed by atoms with van der Waals surface area (Å²) in [6.45, 7) is 5.91. The number of nitrogens with one attached hydrogen (secondary N) is 2. The predicted octanol–water partition coefficient (Wildman–Crippen LogP) is 3.50. The monoisotopic (exact) mass is 414 g/mol. The van der Waals surface area contributed by atoms with E-state index in [1.54, 1.807) is 0 Å². The molecule has 2 aromatic carbocycles. The summed E-state index contributed by atoms with van der Waals surface area (Å²) in [5, 5.41) is 6.15. The van der Waals surface area contributed by atoms with Crippen molar-refractivity contribution in [3.05, 3.63) is 64.7 Å². The molecule has 1 aliphatic heterocycles. The van der Waals surface area contributed by atoms with Crippen LogP contribution in [0.3, 0.4) is 0 Å². The maximum absolute atomic E-state index is 12.5. The summed E-state index contributed by atoms with van der Waals surface area (Å²) in [7, 11) is 0. The average molecular weight is 415 g/mol. The number of anilines is 1. The number of halogens is 1. The molecule has 0 bridgehead atoms. The molecule has 0 aromatic heterocycles. The lowest BCUT2D eigenvalue weighted by Crippen LogP contribution is -2.43. The number of urea groups is 1. The molecule has 0 aliphatic carbocycles. The van der Waals surface area contributed by atoms with E-state index in [9.17, 15) is 9.59 Å². The molecular formula is C22H27ClN4O2. The van der Waals surface area contributed by atoms with Gasteiger partial charge in [0, 0.05) is 43.4 Å². The first kappa shape index (κ1) is 21.1. The Kier molecular flexibility index (Phi) is 7.49. The summed E-state index contributed by atoms with van der Waals surface area (Å²) in [4.78, 5) is 28.7. The van der Waals surface area contributed by atoms with Gasteiger partial charge in [0.15, 0.2) is 0 Å². The third-order valence-corrected chi connectivity index (χ3v) is 5.19. The molecule has 2 N–H and O–H groups in total. The minimum Gasteiger partial charge on any atom is -0.340 e. The van der Waals surface area contributed by atoms with Gasteiger partial charge < -0.3 is 15.5 Å². The molecular weight excluding hydrogens is 388 g/mol. The summed E-state index contributed by atoms with van der Waals surface area (Å²) in [6, 6.07) is 15.0. The zero-order valence-corrected chi connectivity index (χ0v) is 17.4. The number of aryl methyl sites for hydroxylation is 1. The van der Waals surface area contributed by atoms with Crippen LogP contribution in [-0.4, -0.2) is 54.5 Å². The molecule has 2 aromatic rings. The molecule has 7 heteroatoms. The zero-order valence-electron chi connectivity index (χ0n) is 16.7. The van der Waals surface area contributed by atoms with Crippen LogP contribution in [0, 0.1) is 6.92 Å². The highest BCUT2D eigenvalue weighted by Gasteiger charge is 2.19. The minimum atomic E-state index is -0.372. The molecule has 29 heavy (non-hydrogen) atoms. The van der Waals surface area contributed by atoms with Crippen molar-refractivity contribution in [2.45, 2.75) is 19.9 Å². The van der Waals surface area contributed by atoms with Crippen LogP contribution >= 0.6 is 11.6 Å². The van der Waals surface area contributed by atoms with Crippen molar-refractivity contribution in [1.29, 1.82) is 0 Å². The van der Waals surface area contributed by atoms with E-state index in [-0.39, 0.29) is 18.5 Å². The number of amides is 3. The van der Waals surface area contributed by atoms with E-state index in [0.29, 0.717) is 18.8 Å². The SMILES string of the molecule is Cc1cccc(NC(=O)NCC(=O)N2CCCN(Cc3ccc(Cl)cc3)CC2)c1. The summed E-state index contributed by atoms with van der Waals surface area (Å²) >= 11 is 5.95. The van der Waals surface area contributed by atoms with Crippen molar-refractivity contribution in [3.8, 4) is 0 Å². The quantitative estimate of drug-likeness (QED) is 0.786. The van der Waals surface area contributed by atoms with Crippen LogP contribution in [0.15, 0.2) is 48.5 Å². The van der Waals surface area contributed by atoms with Gasteiger partial charge in [-0.15, -0.1) is 0 Å². The van der Waals surface area contributed by atoms with E-state index >= 15 is 0 Å². The summed E-state index contributed by atoms with van der Waals surface area (Å²) in [6.07, 6.45) is 0.912. The third-order valence-electron chi connectivity index (χ3n) is 4.94. The van der Waals surface area contributed by atoms with E-state index in [1.165, 1.54) is 5.56 Å². The standard InChI is InChI=1S/C22H27ClN4O2/c1-17-4-2-5-20(14-17)25-22(29)24-15-21(28)27-11-3-10-26(12-13-27)16-18-6-8-19(23)9-7-18/h2,4-9,14H,3,10-13,15-16H2,1H3,(H2,24,25,29). The first-order chi connectivity index (χ1) is 14.0. The van der Waals surface area contributed by atoms with Gasteiger partial charge in [0.25, 0.3) is 0 Å². The van der Waals surface area contributed by atoms with Crippen LogP contribution in [0.2, 0.25) is 5.02 Å². The first-order valence-corrected chi connectivity index (χ1v) is 10.2. The molecule has 0 atom stereocenters. The Balaban J connectivity index is 1.42. The van der Waals surface area contributed by atoms with Gasteiger partial charge in [0.05, 0.1) is 6.54 Å². The summed E-state index contributed by atoms with van der Waals surface area (Å²) in [5.41, 5.74) is 2.98. The normalized spacial score (nSPS) is 14.9.